The molecule has 0 saturated heterocycles. The molecule has 0 aromatic carbocycles. The molecule has 6 nitrogen and oxygen atoms in total. The number of allylic oxidation sites excluding steroid dienone is 1. The van der Waals surface area contributed by atoms with E-state index in [0.29, 0.717) is 6.42 Å². The average molecular weight is 228 g/mol. The van der Waals surface area contributed by atoms with Gasteiger partial charge in [0.1, 0.15) is 4.91 Å². The maximum Gasteiger partial charge on any atom is 0.355 e. The maximum atomic E-state index is 11.6. The number of nitrogens with zero attached hydrogens (tertiary/aromatic N) is 1. The van der Waals surface area contributed by atoms with Crippen LogP contribution in [-0.2, 0) is 14.8 Å². The molecule has 15 heavy (non-hydrogen) atoms. The number of carboxylic acid groups (broad SMARTS) is 1. The Morgan fingerprint density at radius 3 is 2.93 bits per heavy atom. The van der Waals surface area contributed by atoms with E-state index < -0.39 is 16.0 Å². The number of sulfonamides is 1. The number of aliphatic imine (C=N–C) groups is 1. The van der Waals surface area contributed by atoms with Crippen LogP contribution in [0.4, 0.5) is 0 Å². The molecule has 0 atom stereocenters. The van der Waals surface area contributed by atoms with Gasteiger partial charge in [-0.2, -0.15) is 0 Å². The molecule has 0 aromatic rings. The number of aliphatic carboxylic acids is 1. The van der Waals surface area contributed by atoms with Gasteiger partial charge in [-0.1, -0.05) is 6.08 Å². The zero-order valence-corrected chi connectivity index (χ0v) is 8.41. The van der Waals surface area contributed by atoms with E-state index in [-0.39, 0.29) is 22.7 Å². The van der Waals surface area contributed by atoms with Gasteiger partial charge in [-0.05, 0) is 6.42 Å². The highest BCUT2D eigenvalue weighted by atomic mass is 32.2. The van der Waals surface area contributed by atoms with Gasteiger partial charge in [-0.25, -0.2) is 22.9 Å². The summed E-state index contributed by atoms with van der Waals surface area (Å²) in [5, 5.41) is 8.79. The summed E-state index contributed by atoms with van der Waals surface area (Å²) >= 11 is 0. The van der Waals surface area contributed by atoms with Gasteiger partial charge >= 0.3 is 5.97 Å². The molecular formula is C8H8N2O4S. The molecule has 0 fully saturated rings. The highest BCUT2D eigenvalue weighted by molar-refractivity contribution is 7.93. The Bertz CT molecular complexity index is 513. The predicted octanol–water partition coefficient (Wildman–Crippen LogP) is -0.383. The van der Waals surface area contributed by atoms with Gasteiger partial charge in [0.15, 0.2) is 5.71 Å². The summed E-state index contributed by atoms with van der Waals surface area (Å²) in [6.45, 7) is 0.274. The lowest BCUT2D eigenvalue weighted by Gasteiger charge is -2.03. The second kappa shape index (κ2) is 3.28. The standard InChI is InChI=1S/C8H8N2O4S/c11-8(12)7-5-2-1-3-10-15(13,14)6(5)4-9-7/h2,4,10H,1,3H2,(H,11,12). The highest BCUT2D eigenvalue weighted by Gasteiger charge is 2.32. The van der Waals surface area contributed by atoms with Crippen molar-refractivity contribution >= 4 is 21.7 Å². The highest BCUT2D eigenvalue weighted by Crippen LogP contribution is 2.26. The Balaban J connectivity index is 2.51. The monoisotopic (exact) mass is 228 g/mol. The fraction of sp³-hybridized carbons (Fsp3) is 0.250. The van der Waals surface area contributed by atoms with Gasteiger partial charge in [0.2, 0.25) is 10.0 Å². The van der Waals surface area contributed by atoms with Crippen LogP contribution in [0.25, 0.3) is 0 Å². The topological polar surface area (TPSA) is 95.8 Å². The maximum absolute atomic E-state index is 11.6. The Morgan fingerprint density at radius 2 is 2.27 bits per heavy atom. The van der Waals surface area contributed by atoms with Crippen LogP contribution < -0.4 is 4.72 Å². The van der Waals surface area contributed by atoms with E-state index in [2.05, 4.69) is 9.71 Å². The van der Waals surface area contributed by atoms with Gasteiger partial charge in [0, 0.05) is 18.3 Å². The fourth-order valence-electron chi connectivity index (χ4n) is 1.45. The van der Waals surface area contributed by atoms with Crippen LogP contribution in [0.3, 0.4) is 0 Å². The lowest BCUT2D eigenvalue weighted by atomic mass is 10.1. The molecule has 2 aliphatic heterocycles. The zero-order chi connectivity index (χ0) is 11.1. The average Bonchev–Trinajstić information content (AvgIpc) is 2.51. The molecule has 0 saturated carbocycles. The molecule has 0 radical (unpaired) electrons. The summed E-state index contributed by atoms with van der Waals surface area (Å²) in [7, 11) is -3.60. The van der Waals surface area contributed by atoms with Gasteiger partial charge in [-0.15, -0.1) is 0 Å². The van der Waals surface area contributed by atoms with Crippen LogP contribution in [0.15, 0.2) is 27.7 Å². The van der Waals surface area contributed by atoms with Crippen molar-refractivity contribution in [2.75, 3.05) is 6.54 Å². The van der Waals surface area contributed by atoms with Gasteiger partial charge in [-0.3, -0.25) is 0 Å². The number of carboxylic acids is 1. The fourth-order valence-corrected chi connectivity index (χ4v) is 2.65. The van der Waals surface area contributed by atoms with Crippen LogP contribution in [0.1, 0.15) is 6.42 Å². The summed E-state index contributed by atoms with van der Waals surface area (Å²) < 4.78 is 25.5. The first-order valence-electron chi connectivity index (χ1n) is 4.24. The van der Waals surface area contributed by atoms with Crippen molar-refractivity contribution in [1.29, 1.82) is 0 Å². The van der Waals surface area contributed by atoms with Crippen LogP contribution in [0.2, 0.25) is 0 Å². The van der Waals surface area contributed by atoms with Crippen molar-refractivity contribution < 1.29 is 18.3 Å². The minimum absolute atomic E-state index is 0.0580. The van der Waals surface area contributed by atoms with Crippen molar-refractivity contribution in [2.24, 2.45) is 4.99 Å². The van der Waals surface area contributed by atoms with Gasteiger partial charge < -0.3 is 5.11 Å². The minimum atomic E-state index is -3.60. The first kappa shape index (κ1) is 10.1. The number of carbonyl (C=O) groups is 1. The van der Waals surface area contributed by atoms with Crippen molar-refractivity contribution in [3.05, 3.63) is 22.8 Å². The van der Waals surface area contributed by atoms with Crippen LogP contribution in [0.5, 0.6) is 0 Å². The lowest BCUT2D eigenvalue weighted by Crippen LogP contribution is -2.25. The smallest absolute Gasteiger partial charge is 0.355 e. The van der Waals surface area contributed by atoms with E-state index in [9.17, 15) is 13.2 Å². The molecule has 0 amide bonds. The Hall–Kier alpha value is -1.47. The summed E-state index contributed by atoms with van der Waals surface area (Å²) in [5.74, 6) is -1.22. The van der Waals surface area contributed by atoms with Crippen molar-refractivity contribution in [3.8, 4) is 0 Å². The Labute approximate surface area is 86.1 Å². The number of hydrogen-bond donors (Lipinski definition) is 2. The molecule has 0 aliphatic carbocycles. The van der Waals surface area contributed by atoms with E-state index in [1.807, 2.05) is 0 Å². The first-order chi connectivity index (χ1) is 7.02. The number of rotatable bonds is 1. The molecule has 80 valence electrons. The third kappa shape index (κ3) is 1.59. The largest absolute Gasteiger partial charge is 0.476 e. The lowest BCUT2D eigenvalue weighted by molar-refractivity contribution is -0.129. The quantitative estimate of drug-likeness (QED) is 0.639. The predicted molar refractivity (Wildman–Crippen MR) is 52.8 cm³/mol. The summed E-state index contributed by atoms with van der Waals surface area (Å²) in [5.41, 5.74) is -0.0234. The molecule has 2 aliphatic rings. The van der Waals surface area contributed by atoms with E-state index in [4.69, 9.17) is 5.11 Å². The molecule has 0 aromatic heterocycles. The SMILES string of the molecule is O=C(O)C1=NC=C2C1=CCCNS2(=O)=O. The first-order valence-corrected chi connectivity index (χ1v) is 5.72. The molecule has 2 N–H and O–H groups in total. The number of nitrogens with one attached hydrogen (secondary N) is 1. The molecular weight excluding hydrogens is 220 g/mol. The molecule has 0 bridgehead atoms. The van der Waals surface area contributed by atoms with Crippen molar-refractivity contribution in [3.63, 3.8) is 0 Å². The van der Waals surface area contributed by atoms with Crippen molar-refractivity contribution in [1.82, 2.24) is 4.72 Å². The van der Waals surface area contributed by atoms with Gasteiger partial charge in [0.25, 0.3) is 0 Å². The van der Waals surface area contributed by atoms with Crippen LogP contribution in [0, 0.1) is 0 Å². The van der Waals surface area contributed by atoms with E-state index in [1.165, 1.54) is 0 Å². The minimum Gasteiger partial charge on any atom is -0.476 e. The van der Waals surface area contributed by atoms with Gasteiger partial charge in [0.05, 0.1) is 0 Å². The van der Waals surface area contributed by atoms with Crippen LogP contribution in [-0.4, -0.2) is 31.8 Å². The molecule has 0 unspecified atom stereocenters. The third-order valence-electron chi connectivity index (χ3n) is 2.11. The number of hydrogen-bond acceptors (Lipinski definition) is 4. The normalized spacial score (nSPS) is 23.3. The molecule has 0 spiro atoms. The van der Waals surface area contributed by atoms with E-state index in [1.54, 1.807) is 6.08 Å². The van der Waals surface area contributed by atoms with E-state index in [0.717, 1.165) is 6.20 Å². The van der Waals surface area contributed by atoms with E-state index >= 15 is 0 Å². The number of fused-ring (bicyclic) bond motifs is 1. The summed E-state index contributed by atoms with van der Waals surface area (Å²) in [6, 6.07) is 0. The Morgan fingerprint density at radius 1 is 1.53 bits per heavy atom. The zero-order valence-electron chi connectivity index (χ0n) is 7.60. The molecule has 7 heteroatoms. The second-order valence-corrected chi connectivity index (χ2v) is 4.82. The van der Waals surface area contributed by atoms with Crippen LogP contribution >= 0.6 is 0 Å². The third-order valence-corrected chi connectivity index (χ3v) is 3.60. The molecule has 2 rings (SSSR count). The Kier molecular flexibility index (Phi) is 2.20. The van der Waals surface area contributed by atoms with Crippen molar-refractivity contribution in [2.45, 2.75) is 6.42 Å². The second-order valence-electron chi connectivity index (χ2n) is 3.08. The molecule has 2 heterocycles. The summed E-state index contributed by atoms with van der Waals surface area (Å²) in [4.78, 5) is 14.3. The summed E-state index contributed by atoms with van der Waals surface area (Å²) in [6.07, 6.45) is 3.10.